The molecule has 2 heteroatoms. The summed E-state index contributed by atoms with van der Waals surface area (Å²) in [5.74, 6) is 2.88. The maximum Gasteiger partial charge on any atom is 0.133 e. The van der Waals surface area contributed by atoms with E-state index in [1.807, 2.05) is 6.92 Å². The Labute approximate surface area is 160 Å². The van der Waals surface area contributed by atoms with Crippen LogP contribution in [0, 0.1) is 45.3 Å². The molecule has 2 nitrogen and oxygen atoms in total. The molecule has 4 fully saturated rings. The minimum absolute atomic E-state index is 0.0389. The lowest BCUT2D eigenvalue weighted by Crippen LogP contribution is -2.61. The summed E-state index contributed by atoms with van der Waals surface area (Å²) in [7, 11) is 0. The normalized spacial score (nSPS) is 55.6. The Morgan fingerprint density at radius 1 is 0.808 bits per heavy atom. The van der Waals surface area contributed by atoms with Gasteiger partial charge in [0.15, 0.2) is 0 Å². The Kier molecular flexibility index (Phi) is 4.07. The van der Waals surface area contributed by atoms with Gasteiger partial charge in [0.25, 0.3) is 0 Å². The second-order valence-electron chi connectivity index (χ2n) is 11.8. The summed E-state index contributed by atoms with van der Waals surface area (Å²) in [6.07, 6.45) is 9.43. The molecule has 0 aromatic carbocycles. The van der Waals surface area contributed by atoms with E-state index < -0.39 is 0 Å². The maximum atomic E-state index is 12.4. The fraction of sp³-hybridized carbons (Fsp3) is 0.958. The minimum atomic E-state index is -0.143. The highest BCUT2D eigenvalue weighted by atomic mass is 16.3. The molecule has 4 rings (SSSR count). The van der Waals surface area contributed by atoms with Gasteiger partial charge in [-0.15, -0.1) is 0 Å². The van der Waals surface area contributed by atoms with Crippen LogP contribution in [0.1, 0.15) is 92.9 Å². The summed E-state index contributed by atoms with van der Waals surface area (Å²) in [6, 6.07) is 0. The zero-order valence-corrected chi connectivity index (χ0v) is 17.9. The Bertz CT molecular complexity index is 609. The van der Waals surface area contributed by atoms with Crippen molar-refractivity contribution in [3.63, 3.8) is 0 Å². The van der Waals surface area contributed by atoms with E-state index in [0.29, 0.717) is 22.5 Å². The van der Waals surface area contributed by atoms with E-state index in [2.05, 4.69) is 34.6 Å². The van der Waals surface area contributed by atoms with Gasteiger partial charge in [-0.2, -0.15) is 0 Å². The lowest BCUT2D eigenvalue weighted by Gasteiger charge is -2.67. The van der Waals surface area contributed by atoms with Crippen molar-refractivity contribution in [2.75, 3.05) is 0 Å². The fourth-order valence-corrected chi connectivity index (χ4v) is 9.14. The summed E-state index contributed by atoms with van der Waals surface area (Å²) in [5.41, 5.74) is 0.925. The van der Waals surface area contributed by atoms with Gasteiger partial charge in [-0.1, -0.05) is 34.6 Å². The summed E-state index contributed by atoms with van der Waals surface area (Å²) in [4.78, 5) is 12.4. The number of carbonyl (C=O) groups is 1. The standard InChI is InChI=1S/C24H40O2/c1-15(25)16-9-13-24(6)18-7-8-19-21(2,3)20(26)11-12-22(19,4)17(18)10-14-23(16,24)5/h16-20,26H,7-14H2,1-6H3/t16-,17+,18-,19+,20+,22-,23-,24+/m1/s1. The SMILES string of the molecule is CC(=O)[C@H]1CC[C@@]2(C)[C@@H]3CC[C@H]4C(C)(C)[C@@H](O)CC[C@]4(C)[C@H]3CC[C@]12C. The molecular formula is C24H40O2. The molecule has 0 radical (unpaired) electrons. The van der Waals surface area contributed by atoms with Gasteiger partial charge in [-0.05, 0) is 97.7 Å². The summed E-state index contributed by atoms with van der Waals surface area (Å²) in [5, 5.41) is 10.7. The molecule has 0 aromatic heterocycles. The van der Waals surface area contributed by atoms with Crippen LogP contribution in [-0.4, -0.2) is 17.0 Å². The lowest BCUT2D eigenvalue weighted by atomic mass is 9.38. The average molecular weight is 361 g/mol. The van der Waals surface area contributed by atoms with Gasteiger partial charge in [-0.3, -0.25) is 4.79 Å². The van der Waals surface area contributed by atoms with Crippen molar-refractivity contribution in [1.29, 1.82) is 0 Å². The molecule has 4 aliphatic rings. The van der Waals surface area contributed by atoms with E-state index in [9.17, 15) is 9.90 Å². The van der Waals surface area contributed by atoms with Gasteiger partial charge in [0.05, 0.1) is 6.10 Å². The zero-order chi connectivity index (χ0) is 19.1. The Morgan fingerprint density at radius 3 is 2.12 bits per heavy atom. The average Bonchev–Trinajstić information content (AvgIpc) is 2.84. The van der Waals surface area contributed by atoms with Gasteiger partial charge >= 0.3 is 0 Å². The molecule has 8 atom stereocenters. The number of aliphatic hydroxyl groups is 1. The quantitative estimate of drug-likeness (QED) is 0.659. The van der Waals surface area contributed by atoms with E-state index in [1.54, 1.807) is 0 Å². The van der Waals surface area contributed by atoms with Crippen LogP contribution in [0.4, 0.5) is 0 Å². The third-order valence-corrected chi connectivity index (χ3v) is 10.9. The van der Waals surface area contributed by atoms with Crippen LogP contribution < -0.4 is 0 Å². The van der Waals surface area contributed by atoms with Crippen molar-refractivity contribution in [3.05, 3.63) is 0 Å². The second-order valence-corrected chi connectivity index (χ2v) is 11.8. The van der Waals surface area contributed by atoms with Gasteiger partial charge < -0.3 is 5.11 Å². The zero-order valence-electron chi connectivity index (χ0n) is 17.9. The largest absolute Gasteiger partial charge is 0.393 e. The Balaban J connectivity index is 1.71. The van der Waals surface area contributed by atoms with Crippen LogP contribution in [0.3, 0.4) is 0 Å². The van der Waals surface area contributed by atoms with Crippen molar-refractivity contribution in [2.24, 2.45) is 45.3 Å². The fourth-order valence-electron chi connectivity index (χ4n) is 9.14. The molecule has 26 heavy (non-hydrogen) atoms. The van der Waals surface area contributed by atoms with E-state index in [4.69, 9.17) is 0 Å². The first-order valence-corrected chi connectivity index (χ1v) is 11.2. The molecule has 4 saturated carbocycles. The second kappa shape index (κ2) is 5.58. The molecule has 0 heterocycles. The van der Waals surface area contributed by atoms with Gasteiger partial charge in [0.2, 0.25) is 0 Å². The third-order valence-electron chi connectivity index (χ3n) is 10.9. The summed E-state index contributed by atoms with van der Waals surface area (Å²) < 4.78 is 0. The number of rotatable bonds is 1. The van der Waals surface area contributed by atoms with Crippen LogP contribution in [0.25, 0.3) is 0 Å². The Morgan fingerprint density at radius 2 is 1.46 bits per heavy atom. The van der Waals surface area contributed by atoms with Crippen molar-refractivity contribution in [2.45, 2.75) is 99.0 Å². The van der Waals surface area contributed by atoms with Crippen LogP contribution >= 0.6 is 0 Å². The van der Waals surface area contributed by atoms with Crippen LogP contribution in [0.5, 0.6) is 0 Å². The third kappa shape index (κ3) is 2.12. The highest BCUT2D eigenvalue weighted by Crippen LogP contribution is 2.73. The topological polar surface area (TPSA) is 37.3 Å². The molecule has 0 aromatic rings. The molecule has 0 saturated heterocycles. The smallest absolute Gasteiger partial charge is 0.133 e. The molecule has 0 unspecified atom stereocenters. The number of Topliss-reactive ketones (excluding diaryl/α,β-unsaturated/α-hetero) is 1. The first kappa shape index (κ1) is 19.0. The van der Waals surface area contributed by atoms with E-state index in [0.717, 1.165) is 24.7 Å². The number of carbonyl (C=O) groups excluding carboxylic acids is 1. The summed E-state index contributed by atoms with van der Waals surface area (Å²) in [6.45, 7) is 14.0. The number of ketones is 1. The molecular weight excluding hydrogens is 320 g/mol. The van der Waals surface area contributed by atoms with Crippen LogP contribution in [0.2, 0.25) is 0 Å². The molecule has 0 spiro atoms. The van der Waals surface area contributed by atoms with Gasteiger partial charge in [0, 0.05) is 5.92 Å². The highest BCUT2D eigenvalue weighted by molar-refractivity contribution is 5.79. The van der Waals surface area contributed by atoms with Crippen LogP contribution in [0.15, 0.2) is 0 Å². The van der Waals surface area contributed by atoms with Crippen molar-refractivity contribution in [1.82, 2.24) is 0 Å². The number of hydrogen-bond donors (Lipinski definition) is 1. The lowest BCUT2D eigenvalue weighted by molar-refractivity contribution is -0.198. The maximum absolute atomic E-state index is 12.4. The summed E-state index contributed by atoms with van der Waals surface area (Å²) >= 11 is 0. The first-order chi connectivity index (χ1) is 12.0. The number of aliphatic hydroxyl groups excluding tert-OH is 1. The van der Waals surface area contributed by atoms with E-state index >= 15 is 0 Å². The molecule has 148 valence electrons. The van der Waals surface area contributed by atoms with Crippen LogP contribution in [-0.2, 0) is 4.79 Å². The van der Waals surface area contributed by atoms with E-state index in [1.165, 1.54) is 38.5 Å². The molecule has 4 aliphatic carbocycles. The predicted molar refractivity (Wildman–Crippen MR) is 106 cm³/mol. The number of hydrogen-bond acceptors (Lipinski definition) is 2. The van der Waals surface area contributed by atoms with Gasteiger partial charge in [0.1, 0.15) is 5.78 Å². The number of fused-ring (bicyclic) bond motifs is 5. The molecule has 0 aliphatic heterocycles. The monoisotopic (exact) mass is 360 g/mol. The molecule has 1 N–H and O–H groups in total. The molecule has 0 bridgehead atoms. The van der Waals surface area contributed by atoms with Crippen molar-refractivity contribution in [3.8, 4) is 0 Å². The predicted octanol–water partition coefficient (Wildman–Crippen LogP) is 5.62. The first-order valence-electron chi connectivity index (χ1n) is 11.2. The van der Waals surface area contributed by atoms with Crippen molar-refractivity contribution < 1.29 is 9.90 Å². The van der Waals surface area contributed by atoms with Crippen molar-refractivity contribution >= 4 is 5.78 Å². The van der Waals surface area contributed by atoms with Gasteiger partial charge in [-0.25, -0.2) is 0 Å². The Hall–Kier alpha value is -0.370. The minimum Gasteiger partial charge on any atom is -0.393 e. The molecule has 0 amide bonds. The van der Waals surface area contributed by atoms with E-state index in [-0.39, 0.29) is 22.9 Å². The highest BCUT2D eigenvalue weighted by Gasteiger charge is 2.67.